The Bertz CT molecular complexity index is 1100. The van der Waals surface area contributed by atoms with Gasteiger partial charge in [-0.1, -0.05) is 12.1 Å². The first-order chi connectivity index (χ1) is 15.9. The largest absolute Gasteiger partial charge is 0.496 e. The van der Waals surface area contributed by atoms with E-state index in [1.54, 1.807) is 7.11 Å². The number of halogens is 1. The van der Waals surface area contributed by atoms with Gasteiger partial charge >= 0.3 is 0 Å². The van der Waals surface area contributed by atoms with Gasteiger partial charge in [0.05, 0.1) is 16.2 Å². The third-order valence-corrected chi connectivity index (χ3v) is 7.39. The quantitative estimate of drug-likeness (QED) is 0.362. The molecule has 2 aromatic carbocycles. The third kappa shape index (κ3) is 5.87. The monoisotopic (exact) mass is 559 g/mol. The molecule has 1 saturated carbocycles. The molecule has 1 aliphatic rings. The molecule has 33 heavy (non-hydrogen) atoms. The summed E-state index contributed by atoms with van der Waals surface area (Å²) in [5.74, 6) is 3.37. The number of nitrogens with zero attached hydrogens (tertiary/aromatic N) is 3. The Kier molecular flexibility index (Phi) is 7.90. The van der Waals surface area contributed by atoms with E-state index in [1.807, 2.05) is 26.2 Å². The Morgan fingerprint density at radius 3 is 2.58 bits per heavy atom. The Balaban J connectivity index is 1.29. The van der Waals surface area contributed by atoms with Crippen molar-refractivity contribution in [2.24, 2.45) is 5.92 Å². The molecule has 6 nitrogen and oxygen atoms in total. The number of rotatable bonds is 8. The topological polar surface area (TPSA) is 62.3 Å². The van der Waals surface area contributed by atoms with Crippen molar-refractivity contribution in [2.75, 3.05) is 38.0 Å². The second-order valence-corrected chi connectivity index (χ2v) is 10.4. The fourth-order valence-corrected chi connectivity index (χ4v) is 5.36. The van der Waals surface area contributed by atoms with E-state index in [4.69, 9.17) is 14.7 Å². The van der Waals surface area contributed by atoms with Crippen molar-refractivity contribution in [3.8, 4) is 5.75 Å². The van der Waals surface area contributed by atoms with E-state index >= 15 is 0 Å². The molecule has 0 radical (unpaired) electrons. The summed E-state index contributed by atoms with van der Waals surface area (Å²) >= 11 is 2.35. The molecule has 1 aliphatic carbocycles. The van der Waals surface area contributed by atoms with E-state index in [0.29, 0.717) is 6.04 Å². The van der Waals surface area contributed by atoms with Crippen molar-refractivity contribution in [3.05, 3.63) is 51.1 Å². The summed E-state index contributed by atoms with van der Waals surface area (Å²) < 4.78 is 6.59. The average Bonchev–Trinajstić information content (AvgIpc) is 2.81. The van der Waals surface area contributed by atoms with Crippen LogP contribution in [0.2, 0.25) is 0 Å². The van der Waals surface area contributed by atoms with E-state index in [9.17, 15) is 0 Å². The summed E-state index contributed by atoms with van der Waals surface area (Å²) in [6.07, 6.45) is 4.74. The number of nitrogens with one attached hydrogen (secondary N) is 2. The van der Waals surface area contributed by atoms with E-state index < -0.39 is 0 Å². The fraction of sp³-hybridized carbons (Fsp3) is 0.462. The number of hydrogen-bond acceptors (Lipinski definition) is 6. The lowest BCUT2D eigenvalue weighted by molar-refractivity contribution is 0.323. The van der Waals surface area contributed by atoms with Crippen molar-refractivity contribution < 1.29 is 4.74 Å². The molecule has 1 fully saturated rings. The van der Waals surface area contributed by atoms with Gasteiger partial charge in [-0.25, -0.2) is 4.98 Å². The zero-order valence-electron chi connectivity index (χ0n) is 20.0. The van der Waals surface area contributed by atoms with Crippen molar-refractivity contribution in [1.29, 1.82) is 0 Å². The number of fused-ring (bicyclic) bond motifs is 1. The Hall–Kier alpha value is -2.13. The van der Waals surface area contributed by atoms with E-state index in [0.717, 1.165) is 63.8 Å². The molecule has 1 heterocycles. The molecular weight excluding hydrogens is 525 g/mol. The highest BCUT2D eigenvalue weighted by Crippen LogP contribution is 2.29. The van der Waals surface area contributed by atoms with Crippen molar-refractivity contribution >= 4 is 45.3 Å². The van der Waals surface area contributed by atoms with Gasteiger partial charge in [0.1, 0.15) is 11.6 Å². The Labute approximate surface area is 210 Å². The van der Waals surface area contributed by atoms with Crippen LogP contribution in [0.3, 0.4) is 0 Å². The molecule has 2 N–H and O–H groups in total. The van der Waals surface area contributed by atoms with Gasteiger partial charge in [-0.05, 0) is 103 Å². The van der Waals surface area contributed by atoms with Crippen LogP contribution in [-0.4, -0.2) is 43.8 Å². The minimum atomic E-state index is 0.433. The molecule has 0 amide bonds. The molecule has 3 aromatic rings. The van der Waals surface area contributed by atoms with E-state index in [1.165, 1.54) is 24.0 Å². The van der Waals surface area contributed by atoms with Crippen molar-refractivity contribution in [2.45, 2.75) is 45.2 Å². The maximum atomic E-state index is 5.43. The highest BCUT2D eigenvalue weighted by Gasteiger charge is 2.22. The lowest BCUT2D eigenvalue weighted by Gasteiger charge is -2.29. The fourth-order valence-electron chi connectivity index (χ4n) is 4.61. The SMILES string of the molecule is COc1cc(C)c(CNC[C@H]2CC[C@@H](Nc3nc(N(C)C)c4ccccc4n3)CC2)cc1I. The summed E-state index contributed by atoms with van der Waals surface area (Å²) in [4.78, 5) is 11.6. The van der Waals surface area contributed by atoms with Crippen LogP contribution in [0.5, 0.6) is 5.75 Å². The molecule has 0 saturated heterocycles. The first kappa shape index (κ1) is 24.0. The van der Waals surface area contributed by atoms with Crippen LogP contribution < -0.4 is 20.3 Å². The van der Waals surface area contributed by atoms with Crippen LogP contribution in [0, 0.1) is 16.4 Å². The first-order valence-electron chi connectivity index (χ1n) is 11.7. The van der Waals surface area contributed by atoms with Crippen LogP contribution in [0.1, 0.15) is 36.8 Å². The van der Waals surface area contributed by atoms with Gasteiger partial charge in [0, 0.05) is 32.1 Å². The molecule has 0 aliphatic heterocycles. The second kappa shape index (κ2) is 10.9. The smallest absolute Gasteiger partial charge is 0.225 e. The zero-order chi connectivity index (χ0) is 23.4. The van der Waals surface area contributed by atoms with Crippen LogP contribution in [-0.2, 0) is 6.54 Å². The number of ether oxygens (including phenoxy) is 1. The molecule has 0 bridgehead atoms. The second-order valence-electron chi connectivity index (χ2n) is 9.19. The van der Waals surface area contributed by atoms with Gasteiger partial charge in [0.25, 0.3) is 0 Å². The van der Waals surface area contributed by atoms with Crippen molar-refractivity contribution in [1.82, 2.24) is 15.3 Å². The third-order valence-electron chi connectivity index (χ3n) is 6.55. The molecule has 0 atom stereocenters. The first-order valence-corrected chi connectivity index (χ1v) is 12.8. The van der Waals surface area contributed by atoms with Crippen molar-refractivity contribution in [3.63, 3.8) is 0 Å². The summed E-state index contributed by atoms with van der Waals surface area (Å²) in [6.45, 7) is 4.12. The summed E-state index contributed by atoms with van der Waals surface area (Å²) in [5.41, 5.74) is 3.61. The standard InChI is InChI=1S/C26H34IN5O/c1-17-13-24(33-4)22(27)14-19(17)16-28-15-18-9-11-20(12-10-18)29-26-30-23-8-6-5-7-21(23)25(31-26)32(2)3/h5-8,13-14,18,20,28H,9-12,15-16H2,1-4H3,(H,29,30,31)/t18-,20+. The Morgan fingerprint density at radius 2 is 1.85 bits per heavy atom. The number of hydrogen-bond donors (Lipinski definition) is 2. The maximum absolute atomic E-state index is 5.43. The van der Waals surface area contributed by atoms with Gasteiger partial charge in [-0.15, -0.1) is 0 Å². The lowest BCUT2D eigenvalue weighted by Crippen LogP contribution is -2.31. The molecular formula is C26H34IN5O. The average molecular weight is 559 g/mol. The van der Waals surface area contributed by atoms with E-state index in [-0.39, 0.29) is 0 Å². The highest BCUT2D eigenvalue weighted by atomic mass is 127. The lowest BCUT2D eigenvalue weighted by atomic mass is 9.86. The predicted molar refractivity (Wildman–Crippen MR) is 145 cm³/mol. The van der Waals surface area contributed by atoms with Gasteiger partial charge < -0.3 is 20.3 Å². The van der Waals surface area contributed by atoms with Crippen LogP contribution in [0.4, 0.5) is 11.8 Å². The molecule has 0 unspecified atom stereocenters. The van der Waals surface area contributed by atoms with Gasteiger partial charge in [0.2, 0.25) is 5.95 Å². The number of para-hydroxylation sites is 1. The van der Waals surface area contributed by atoms with Gasteiger partial charge in [0.15, 0.2) is 0 Å². The Morgan fingerprint density at radius 1 is 1.09 bits per heavy atom. The number of aryl methyl sites for hydroxylation is 1. The number of methoxy groups -OCH3 is 1. The normalized spacial score (nSPS) is 18.3. The van der Waals surface area contributed by atoms with Crippen LogP contribution in [0.25, 0.3) is 10.9 Å². The minimum absolute atomic E-state index is 0.433. The molecule has 0 spiro atoms. The molecule has 4 rings (SSSR count). The zero-order valence-corrected chi connectivity index (χ0v) is 22.1. The maximum Gasteiger partial charge on any atom is 0.225 e. The number of benzene rings is 2. The highest BCUT2D eigenvalue weighted by molar-refractivity contribution is 14.1. The molecule has 7 heteroatoms. The van der Waals surface area contributed by atoms with Crippen LogP contribution >= 0.6 is 22.6 Å². The van der Waals surface area contributed by atoms with E-state index in [2.05, 4.69) is 69.3 Å². The van der Waals surface area contributed by atoms with Gasteiger partial charge in [-0.2, -0.15) is 4.98 Å². The minimum Gasteiger partial charge on any atom is -0.496 e. The molecule has 176 valence electrons. The summed E-state index contributed by atoms with van der Waals surface area (Å²) in [7, 11) is 5.80. The predicted octanol–water partition coefficient (Wildman–Crippen LogP) is 5.38. The summed E-state index contributed by atoms with van der Waals surface area (Å²) in [5, 5.41) is 8.39. The number of aromatic nitrogens is 2. The van der Waals surface area contributed by atoms with Crippen LogP contribution in [0.15, 0.2) is 36.4 Å². The summed E-state index contributed by atoms with van der Waals surface area (Å²) in [6, 6.07) is 13.0. The molecule has 1 aromatic heterocycles. The van der Waals surface area contributed by atoms with Gasteiger partial charge in [-0.3, -0.25) is 0 Å². The number of anilines is 2.